The zero-order valence-electron chi connectivity index (χ0n) is 10.5. The average molecular weight is 247 g/mol. The minimum atomic E-state index is -0.881. The number of amides is 1. The van der Waals surface area contributed by atoms with Crippen molar-refractivity contribution in [1.82, 2.24) is 5.32 Å². The number of rotatable bonds is 3. The summed E-state index contributed by atoms with van der Waals surface area (Å²) in [5.41, 5.74) is 1.10. The number of carbonyl (C=O) groups is 2. The van der Waals surface area contributed by atoms with E-state index in [1.165, 1.54) is 0 Å². The molecule has 0 aromatic heterocycles. The molecule has 0 saturated carbocycles. The molecule has 0 radical (unpaired) electrons. The van der Waals surface area contributed by atoms with Crippen molar-refractivity contribution in [3.8, 4) is 0 Å². The second-order valence-corrected chi connectivity index (χ2v) is 5.11. The van der Waals surface area contributed by atoms with Crippen molar-refractivity contribution in [2.24, 2.45) is 5.92 Å². The number of carbonyl (C=O) groups excluding carboxylic acids is 1. The average Bonchev–Trinajstić information content (AvgIpc) is 2.27. The largest absolute Gasteiger partial charge is 0.481 e. The van der Waals surface area contributed by atoms with E-state index in [9.17, 15) is 14.7 Å². The van der Waals surface area contributed by atoms with Crippen LogP contribution in [0.5, 0.6) is 0 Å². The van der Waals surface area contributed by atoms with Crippen LogP contribution in [0.3, 0.4) is 0 Å². The van der Waals surface area contributed by atoms with Crippen LogP contribution in [0, 0.1) is 5.92 Å². The molecule has 0 saturated heterocycles. The second kappa shape index (κ2) is 4.80. The van der Waals surface area contributed by atoms with Crippen LogP contribution in [-0.2, 0) is 4.79 Å². The van der Waals surface area contributed by atoms with Gasteiger partial charge in [0.15, 0.2) is 0 Å². The molecule has 0 fully saturated rings. The van der Waals surface area contributed by atoms with Gasteiger partial charge < -0.3 is 10.4 Å². The van der Waals surface area contributed by atoms with Crippen molar-refractivity contribution in [2.75, 3.05) is 0 Å². The fraction of sp³-hybridized carbons (Fsp3) is 0.429. The lowest BCUT2D eigenvalue weighted by atomic mass is 9.81. The Labute approximate surface area is 106 Å². The fourth-order valence-corrected chi connectivity index (χ4v) is 2.53. The van der Waals surface area contributed by atoms with Gasteiger partial charge in [0.25, 0.3) is 5.91 Å². The summed E-state index contributed by atoms with van der Waals surface area (Å²) in [6, 6.07) is 6.61. The summed E-state index contributed by atoms with van der Waals surface area (Å²) in [4.78, 5) is 23.4. The van der Waals surface area contributed by atoms with E-state index in [1.54, 1.807) is 24.3 Å². The predicted octanol–water partition coefficient (Wildman–Crippen LogP) is 2.01. The van der Waals surface area contributed by atoms with Crippen LogP contribution in [0.25, 0.3) is 0 Å². The molecule has 0 aliphatic carbocycles. The monoisotopic (exact) mass is 247 g/mol. The minimum Gasteiger partial charge on any atom is -0.481 e. The van der Waals surface area contributed by atoms with Crippen LogP contribution in [0.1, 0.15) is 42.1 Å². The van der Waals surface area contributed by atoms with Gasteiger partial charge in [-0.15, -0.1) is 0 Å². The van der Waals surface area contributed by atoms with Crippen molar-refractivity contribution in [3.63, 3.8) is 0 Å². The van der Waals surface area contributed by atoms with Crippen molar-refractivity contribution in [3.05, 3.63) is 35.4 Å². The zero-order valence-corrected chi connectivity index (χ0v) is 10.5. The van der Waals surface area contributed by atoms with E-state index in [2.05, 4.69) is 5.32 Å². The van der Waals surface area contributed by atoms with E-state index in [1.807, 2.05) is 13.8 Å². The summed E-state index contributed by atoms with van der Waals surface area (Å²) in [5, 5.41) is 12.2. The molecule has 1 aromatic carbocycles. The zero-order chi connectivity index (χ0) is 13.3. The maximum Gasteiger partial charge on any atom is 0.313 e. The number of carboxylic acid groups (broad SMARTS) is 1. The Morgan fingerprint density at radius 3 is 2.67 bits per heavy atom. The number of benzene rings is 1. The Kier molecular flexibility index (Phi) is 3.36. The molecule has 2 atom stereocenters. The van der Waals surface area contributed by atoms with Gasteiger partial charge >= 0.3 is 5.97 Å². The van der Waals surface area contributed by atoms with E-state index in [0.29, 0.717) is 23.5 Å². The van der Waals surface area contributed by atoms with Crippen molar-refractivity contribution >= 4 is 11.9 Å². The Morgan fingerprint density at radius 1 is 1.39 bits per heavy atom. The third-order valence-corrected chi connectivity index (χ3v) is 3.25. The SMILES string of the molecule is CC(C)CC1NC(=O)c2ccccc2C1C(=O)O. The van der Waals surface area contributed by atoms with Crippen LogP contribution < -0.4 is 5.32 Å². The number of aliphatic carboxylic acids is 1. The Morgan fingerprint density at radius 2 is 2.06 bits per heavy atom. The first-order valence-electron chi connectivity index (χ1n) is 6.13. The lowest BCUT2D eigenvalue weighted by molar-refractivity contribution is -0.139. The van der Waals surface area contributed by atoms with Crippen molar-refractivity contribution in [2.45, 2.75) is 32.2 Å². The van der Waals surface area contributed by atoms with E-state index in [-0.39, 0.29) is 11.9 Å². The number of fused-ring (bicyclic) bond motifs is 1. The molecule has 4 heteroatoms. The molecule has 1 aliphatic heterocycles. The second-order valence-electron chi connectivity index (χ2n) is 5.11. The van der Waals surface area contributed by atoms with Gasteiger partial charge in [0.05, 0.1) is 0 Å². The molecule has 2 rings (SSSR count). The molecule has 1 amide bonds. The molecule has 96 valence electrons. The smallest absolute Gasteiger partial charge is 0.313 e. The van der Waals surface area contributed by atoms with E-state index < -0.39 is 11.9 Å². The lowest BCUT2D eigenvalue weighted by Crippen LogP contribution is -2.47. The standard InChI is InChI=1S/C14H17NO3/c1-8(2)7-11-12(14(17)18)9-5-3-4-6-10(9)13(16)15-11/h3-6,8,11-12H,7H2,1-2H3,(H,15,16)(H,17,18). The highest BCUT2D eigenvalue weighted by molar-refractivity contribution is 6.00. The molecular weight excluding hydrogens is 230 g/mol. The van der Waals surface area contributed by atoms with Gasteiger partial charge in [0.2, 0.25) is 0 Å². The van der Waals surface area contributed by atoms with Crippen molar-refractivity contribution < 1.29 is 14.7 Å². The third kappa shape index (κ3) is 2.23. The molecule has 1 aromatic rings. The normalized spacial score (nSPS) is 22.5. The van der Waals surface area contributed by atoms with Gasteiger partial charge in [0, 0.05) is 11.6 Å². The van der Waals surface area contributed by atoms with Crippen LogP contribution in [0.2, 0.25) is 0 Å². The predicted molar refractivity (Wildman–Crippen MR) is 67.5 cm³/mol. The highest BCUT2D eigenvalue weighted by atomic mass is 16.4. The summed E-state index contributed by atoms with van der Waals surface area (Å²) in [6.07, 6.45) is 0.664. The summed E-state index contributed by atoms with van der Waals surface area (Å²) in [7, 11) is 0. The molecule has 0 bridgehead atoms. The topological polar surface area (TPSA) is 66.4 Å². The number of hydrogen-bond acceptors (Lipinski definition) is 2. The number of nitrogens with one attached hydrogen (secondary N) is 1. The van der Waals surface area contributed by atoms with Gasteiger partial charge in [-0.2, -0.15) is 0 Å². The van der Waals surface area contributed by atoms with Gasteiger partial charge in [-0.05, 0) is 24.0 Å². The van der Waals surface area contributed by atoms with E-state index in [4.69, 9.17) is 0 Å². The Balaban J connectivity index is 2.43. The van der Waals surface area contributed by atoms with Gasteiger partial charge in [0.1, 0.15) is 5.92 Å². The quantitative estimate of drug-likeness (QED) is 0.858. The van der Waals surface area contributed by atoms with Gasteiger partial charge in [-0.1, -0.05) is 32.0 Å². The lowest BCUT2D eigenvalue weighted by Gasteiger charge is -2.32. The van der Waals surface area contributed by atoms with Crippen LogP contribution in [0.4, 0.5) is 0 Å². The van der Waals surface area contributed by atoms with Crippen LogP contribution in [0.15, 0.2) is 24.3 Å². The van der Waals surface area contributed by atoms with Gasteiger partial charge in [-0.25, -0.2) is 0 Å². The van der Waals surface area contributed by atoms with E-state index >= 15 is 0 Å². The maximum atomic E-state index is 11.9. The molecular formula is C14H17NO3. The van der Waals surface area contributed by atoms with Crippen LogP contribution in [-0.4, -0.2) is 23.0 Å². The maximum absolute atomic E-state index is 11.9. The summed E-state index contributed by atoms with van der Waals surface area (Å²) in [6.45, 7) is 4.04. The number of hydrogen-bond donors (Lipinski definition) is 2. The third-order valence-electron chi connectivity index (χ3n) is 3.25. The molecule has 0 spiro atoms. The minimum absolute atomic E-state index is 0.172. The van der Waals surface area contributed by atoms with E-state index in [0.717, 1.165) is 0 Å². The summed E-state index contributed by atoms with van der Waals surface area (Å²) < 4.78 is 0. The Bertz CT molecular complexity index is 482. The highest BCUT2D eigenvalue weighted by Gasteiger charge is 2.38. The van der Waals surface area contributed by atoms with Crippen molar-refractivity contribution in [1.29, 1.82) is 0 Å². The molecule has 2 N–H and O–H groups in total. The molecule has 4 nitrogen and oxygen atoms in total. The summed E-state index contributed by atoms with van der Waals surface area (Å²) in [5.74, 6) is -1.37. The molecule has 18 heavy (non-hydrogen) atoms. The molecule has 2 unspecified atom stereocenters. The fourth-order valence-electron chi connectivity index (χ4n) is 2.53. The molecule has 1 heterocycles. The first kappa shape index (κ1) is 12.6. The van der Waals surface area contributed by atoms with Gasteiger partial charge in [-0.3, -0.25) is 9.59 Å². The first-order chi connectivity index (χ1) is 8.50. The summed E-state index contributed by atoms with van der Waals surface area (Å²) >= 11 is 0. The number of carboxylic acids is 1. The molecule has 1 aliphatic rings. The van der Waals surface area contributed by atoms with Crippen LogP contribution >= 0.6 is 0 Å². The highest BCUT2D eigenvalue weighted by Crippen LogP contribution is 2.31. The Hall–Kier alpha value is -1.84. The first-order valence-corrected chi connectivity index (χ1v) is 6.13.